The van der Waals surface area contributed by atoms with Crippen LogP contribution in [0.2, 0.25) is 0 Å². The summed E-state index contributed by atoms with van der Waals surface area (Å²) in [5, 5.41) is 23.8. The van der Waals surface area contributed by atoms with Crippen LogP contribution in [-0.4, -0.2) is 45.3 Å². The zero-order chi connectivity index (χ0) is 20.8. The third-order valence-electron chi connectivity index (χ3n) is 5.28. The van der Waals surface area contributed by atoms with E-state index in [1.54, 1.807) is 0 Å². The van der Waals surface area contributed by atoms with Crippen LogP contribution in [0, 0.1) is 5.92 Å². The molecule has 1 aliphatic rings. The highest BCUT2D eigenvalue weighted by molar-refractivity contribution is 7.82. The first-order valence-corrected chi connectivity index (χ1v) is 11.3. The molecule has 6 nitrogen and oxygen atoms in total. The lowest BCUT2D eigenvalue weighted by Gasteiger charge is -2.24. The third kappa shape index (κ3) is 5.96. The van der Waals surface area contributed by atoms with Gasteiger partial charge in [0, 0.05) is 25.1 Å². The van der Waals surface area contributed by atoms with Gasteiger partial charge in [-0.3, -0.25) is 4.79 Å². The fourth-order valence-corrected chi connectivity index (χ4v) is 4.25. The third-order valence-corrected chi connectivity index (χ3v) is 5.85. The maximum absolute atomic E-state index is 13.1. The van der Waals surface area contributed by atoms with E-state index in [2.05, 4.69) is 10.0 Å². The summed E-state index contributed by atoms with van der Waals surface area (Å²) in [6.45, 7) is 0.149. The molecule has 0 saturated carbocycles. The number of fused-ring (bicyclic) bond motifs is 1. The molecular formula is C22H28N2O4S. The standard InChI is InChI=1S/C22H28N2O4S/c1-29(28)23-14-18(25)12-17(11-15-7-3-2-4-8-15)22(27)24-21-19-10-6-5-9-16(19)13-20(21)26/h2-10,17-18,20-21,23,25-26H,11-14H2,1H3,(H,24,27). The second-order valence-electron chi connectivity index (χ2n) is 7.54. The van der Waals surface area contributed by atoms with Crippen molar-refractivity contribution in [2.45, 2.75) is 37.5 Å². The Balaban J connectivity index is 1.72. The molecule has 3 rings (SSSR count). The first-order valence-electron chi connectivity index (χ1n) is 9.79. The molecule has 29 heavy (non-hydrogen) atoms. The summed E-state index contributed by atoms with van der Waals surface area (Å²) in [7, 11) is -1.23. The van der Waals surface area contributed by atoms with E-state index in [4.69, 9.17) is 0 Å². The average Bonchev–Trinajstić information content (AvgIpc) is 3.02. The van der Waals surface area contributed by atoms with E-state index in [1.807, 2.05) is 54.6 Å². The molecule has 0 aliphatic heterocycles. The predicted molar refractivity (Wildman–Crippen MR) is 113 cm³/mol. The molecule has 0 heterocycles. The van der Waals surface area contributed by atoms with Crippen molar-refractivity contribution < 1.29 is 19.2 Å². The lowest BCUT2D eigenvalue weighted by molar-refractivity contribution is -0.127. The van der Waals surface area contributed by atoms with Gasteiger partial charge < -0.3 is 15.5 Å². The summed E-state index contributed by atoms with van der Waals surface area (Å²) < 4.78 is 13.9. The van der Waals surface area contributed by atoms with Crippen LogP contribution in [0.15, 0.2) is 54.6 Å². The second-order valence-corrected chi connectivity index (χ2v) is 8.73. The van der Waals surface area contributed by atoms with Gasteiger partial charge in [0.15, 0.2) is 0 Å². The van der Waals surface area contributed by atoms with E-state index >= 15 is 0 Å². The number of carbonyl (C=O) groups excluding carboxylic acids is 1. The van der Waals surface area contributed by atoms with Gasteiger partial charge in [0.05, 0.1) is 29.2 Å². The normalized spacial score (nSPS) is 21.2. The minimum absolute atomic E-state index is 0.149. The smallest absolute Gasteiger partial charge is 0.224 e. The molecule has 2 aromatic rings. The summed E-state index contributed by atoms with van der Waals surface area (Å²) in [6, 6.07) is 16.9. The molecule has 4 N–H and O–H groups in total. The van der Waals surface area contributed by atoms with Crippen molar-refractivity contribution in [2.75, 3.05) is 12.8 Å². The largest absolute Gasteiger partial charge is 0.392 e. The van der Waals surface area contributed by atoms with Crippen LogP contribution < -0.4 is 10.0 Å². The van der Waals surface area contributed by atoms with Crippen LogP contribution in [0.3, 0.4) is 0 Å². The first kappa shape index (κ1) is 21.6. The molecule has 0 aromatic heterocycles. The van der Waals surface area contributed by atoms with Crippen molar-refractivity contribution in [3.05, 3.63) is 71.3 Å². The Morgan fingerprint density at radius 3 is 2.59 bits per heavy atom. The molecule has 156 valence electrons. The molecule has 5 unspecified atom stereocenters. The van der Waals surface area contributed by atoms with Gasteiger partial charge in [-0.1, -0.05) is 54.6 Å². The Bertz CT molecular complexity index is 846. The van der Waals surface area contributed by atoms with E-state index < -0.39 is 35.2 Å². The molecule has 5 atom stereocenters. The minimum Gasteiger partial charge on any atom is -0.392 e. The highest BCUT2D eigenvalue weighted by Gasteiger charge is 2.34. The van der Waals surface area contributed by atoms with Gasteiger partial charge in [-0.2, -0.15) is 0 Å². The molecule has 1 amide bonds. The maximum atomic E-state index is 13.1. The van der Waals surface area contributed by atoms with Crippen LogP contribution in [0.1, 0.15) is 29.2 Å². The molecule has 1 aliphatic carbocycles. The lowest BCUT2D eigenvalue weighted by atomic mass is 9.92. The van der Waals surface area contributed by atoms with Gasteiger partial charge in [-0.25, -0.2) is 8.93 Å². The number of aliphatic hydroxyl groups is 2. The monoisotopic (exact) mass is 416 g/mol. The van der Waals surface area contributed by atoms with Crippen LogP contribution >= 0.6 is 0 Å². The van der Waals surface area contributed by atoms with Gasteiger partial charge in [0.25, 0.3) is 0 Å². The number of benzene rings is 2. The highest BCUT2D eigenvalue weighted by atomic mass is 32.2. The zero-order valence-corrected chi connectivity index (χ0v) is 17.3. The Morgan fingerprint density at radius 2 is 1.86 bits per heavy atom. The fraction of sp³-hybridized carbons (Fsp3) is 0.409. The van der Waals surface area contributed by atoms with Crippen LogP contribution in [0.4, 0.5) is 0 Å². The highest BCUT2D eigenvalue weighted by Crippen LogP contribution is 2.31. The van der Waals surface area contributed by atoms with Crippen molar-refractivity contribution in [2.24, 2.45) is 5.92 Å². The summed E-state index contributed by atoms with van der Waals surface area (Å²) in [5.41, 5.74) is 2.98. The van der Waals surface area contributed by atoms with Crippen LogP contribution in [0.25, 0.3) is 0 Å². The van der Waals surface area contributed by atoms with Crippen LogP contribution in [0.5, 0.6) is 0 Å². The molecule has 0 fully saturated rings. The van der Waals surface area contributed by atoms with E-state index in [-0.39, 0.29) is 18.9 Å². The number of hydrogen-bond donors (Lipinski definition) is 4. The Hall–Kier alpha value is -2.06. The summed E-state index contributed by atoms with van der Waals surface area (Å²) in [4.78, 5) is 13.1. The van der Waals surface area contributed by atoms with E-state index in [0.717, 1.165) is 16.7 Å². The van der Waals surface area contributed by atoms with Crippen molar-refractivity contribution in [3.63, 3.8) is 0 Å². The number of carbonyl (C=O) groups is 1. The van der Waals surface area contributed by atoms with Crippen molar-refractivity contribution >= 4 is 16.9 Å². The van der Waals surface area contributed by atoms with Crippen molar-refractivity contribution in [1.82, 2.24) is 10.0 Å². The van der Waals surface area contributed by atoms with Gasteiger partial charge in [-0.15, -0.1) is 0 Å². The van der Waals surface area contributed by atoms with Gasteiger partial charge >= 0.3 is 0 Å². The van der Waals surface area contributed by atoms with Gasteiger partial charge in [-0.05, 0) is 29.5 Å². The number of amides is 1. The number of hydrogen-bond acceptors (Lipinski definition) is 4. The number of aliphatic hydroxyl groups excluding tert-OH is 2. The second kappa shape index (κ2) is 10.1. The fourth-order valence-electron chi connectivity index (χ4n) is 3.83. The Morgan fingerprint density at radius 1 is 1.17 bits per heavy atom. The van der Waals surface area contributed by atoms with Crippen LogP contribution in [-0.2, 0) is 28.6 Å². The number of nitrogens with one attached hydrogen (secondary N) is 2. The molecule has 0 saturated heterocycles. The van der Waals surface area contributed by atoms with Gasteiger partial charge in [0.2, 0.25) is 5.91 Å². The Labute approximate surface area is 173 Å². The molecular weight excluding hydrogens is 388 g/mol. The molecule has 0 spiro atoms. The molecule has 0 radical (unpaired) electrons. The minimum atomic E-state index is -1.23. The summed E-state index contributed by atoms with van der Waals surface area (Å²) >= 11 is 0. The summed E-state index contributed by atoms with van der Waals surface area (Å²) in [6.07, 6.45) is 1.25. The molecule has 2 aromatic carbocycles. The molecule has 0 bridgehead atoms. The van der Waals surface area contributed by atoms with E-state index in [9.17, 15) is 19.2 Å². The van der Waals surface area contributed by atoms with Crippen molar-refractivity contribution in [1.29, 1.82) is 0 Å². The Kier molecular flexibility index (Phi) is 7.55. The maximum Gasteiger partial charge on any atom is 0.224 e. The van der Waals surface area contributed by atoms with Crippen molar-refractivity contribution in [3.8, 4) is 0 Å². The predicted octanol–water partition coefficient (Wildman–Crippen LogP) is 1.25. The van der Waals surface area contributed by atoms with E-state index in [1.165, 1.54) is 6.26 Å². The molecule has 7 heteroatoms. The van der Waals surface area contributed by atoms with Gasteiger partial charge in [0.1, 0.15) is 0 Å². The zero-order valence-electron chi connectivity index (χ0n) is 16.5. The topological polar surface area (TPSA) is 98.7 Å². The SMILES string of the molecule is CS(=O)NCC(O)CC(Cc1ccccc1)C(=O)NC1c2ccccc2CC1O. The first-order chi connectivity index (χ1) is 13.9. The quantitative estimate of drug-likeness (QED) is 0.495. The average molecular weight is 417 g/mol. The lowest BCUT2D eigenvalue weighted by Crippen LogP contribution is -2.40. The number of rotatable bonds is 9. The van der Waals surface area contributed by atoms with E-state index in [0.29, 0.717) is 12.8 Å². The summed E-state index contributed by atoms with van der Waals surface area (Å²) in [5.74, 6) is -0.675.